The van der Waals surface area contributed by atoms with Crippen molar-refractivity contribution in [3.05, 3.63) is 42.1 Å². The van der Waals surface area contributed by atoms with Gasteiger partial charge in [0.25, 0.3) is 0 Å². The molecule has 0 bridgehead atoms. The minimum atomic E-state index is 0.551. The Morgan fingerprint density at radius 3 is 2.94 bits per heavy atom. The van der Waals surface area contributed by atoms with Crippen LogP contribution in [0.1, 0.15) is 5.56 Å². The maximum Gasteiger partial charge on any atom is 0.0705 e. The zero-order chi connectivity index (χ0) is 12.6. The molecule has 1 aromatic heterocycles. The van der Waals surface area contributed by atoms with Gasteiger partial charge in [-0.3, -0.25) is 4.98 Å². The number of nitrogens with zero attached hydrogens (tertiary/aromatic N) is 1. The van der Waals surface area contributed by atoms with E-state index < -0.39 is 0 Å². The van der Waals surface area contributed by atoms with Crippen molar-refractivity contribution in [1.82, 2.24) is 10.3 Å². The Kier molecular flexibility index (Phi) is 5.39. The first-order valence-corrected chi connectivity index (χ1v) is 6.62. The van der Waals surface area contributed by atoms with Gasteiger partial charge in [-0.15, -0.1) is 11.6 Å². The lowest BCUT2D eigenvalue weighted by Gasteiger charge is -2.08. The van der Waals surface area contributed by atoms with E-state index in [1.165, 1.54) is 10.9 Å². The topological polar surface area (TPSA) is 34.1 Å². The smallest absolute Gasteiger partial charge is 0.0705 e. The molecule has 0 atom stereocenters. The van der Waals surface area contributed by atoms with Crippen LogP contribution in [0.4, 0.5) is 0 Å². The Labute approximate surface area is 112 Å². The second-order valence-electron chi connectivity index (χ2n) is 3.97. The third-order valence-electron chi connectivity index (χ3n) is 2.70. The molecule has 0 fully saturated rings. The van der Waals surface area contributed by atoms with Gasteiger partial charge in [-0.2, -0.15) is 0 Å². The Hall–Kier alpha value is -1.16. The van der Waals surface area contributed by atoms with Crippen molar-refractivity contribution in [3.63, 3.8) is 0 Å². The minimum absolute atomic E-state index is 0.551. The highest BCUT2D eigenvalue weighted by Crippen LogP contribution is 2.15. The van der Waals surface area contributed by atoms with E-state index in [9.17, 15) is 0 Å². The summed E-state index contributed by atoms with van der Waals surface area (Å²) in [4.78, 5) is 4.34. The van der Waals surface area contributed by atoms with Crippen molar-refractivity contribution in [2.75, 3.05) is 25.6 Å². The average molecular weight is 265 g/mol. The molecule has 0 radical (unpaired) electrons. The predicted molar refractivity (Wildman–Crippen MR) is 75.0 cm³/mol. The molecule has 0 aliphatic rings. The molecule has 0 amide bonds. The second-order valence-corrected chi connectivity index (χ2v) is 4.34. The van der Waals surface area contributed by atoms with E-state index in [0.29, 0.717) is 19.1 Å². The van der Waals surface area contributed by atoms with E-state index in [0.717, 1.165) is 18.6 Å². The molecule has 0 saturated carbocycles. The zero-order valence-corrected chi connectivity index (χ0v) is 11.0. The number of pyridine rings is 1. The van der Waals surface area contributed by atoms with Crippen molar-refractivity contribution in [1.29, 1.82) is 0 Å². The van der Waals surface area contributed by atoms with E-state index >= 15 is 0 Å². The van der Waals surface area contributed by atoms with E-state index in [-0.39, 0.29) is 0 Å². The number of fused-ring (bicyclic) bond motifs is 1. The molecule has 4 heteroatoms. The van der Waals surface area contributed by atoms with Crippen molar-refractivity contribution >= 4 is 22.5 Å². The Morgan fingerprint density at radius 2 is 2.06 bits per heavy atom. The highest BCUT2D eigenvalue weighted by atomic mass is 35.5. The van der Waals surface area contributed by atoms with Crippen LogP contribution in [0.2, 0.25) is 0 Å². The lowest BCUT2D eigenvalue weighted by Crippen LogP contribution is -2.19. The fraction of sp³-hybridized carbons (Fsp3) is 0.357. The Bertz CT molecular complexity index is 485. The number of aromatic nitrogens is 1. The van der Waals surface area contributed by atoms with Gasteiger partial charge in [0.2, 0.25) is 0 Å². The van der Waals surface area contributed by atoms with E-state index in [4.69, 9.17) is 16.3 Å². The lowest BCUT2D eigenvalue weighted by atomic mass is 10.1. The molecule has 2 rings (SSSR count). The maximum atomic E-state index is 5.52. The second kappa shape index (κ2) is 7.31. The lowest BCUT2D eigenvalue weighted by molar-refractivity contribution is 0.151. The number of hydrogen-bond donors (Lipinski definition) is 1. The fourth-order valence-corrected chi connectivity index (χ4v) is 1.94. The van der Waals surface area contributed by atoms with Gasteiger partial charge in [0.15, 0.2) is 0 Å². The summed E-state index contributed by atoms with van der Waals surface area (Å²) in [6.07, 6.45) is 1.85. The summed E-state index contributed by atoms with van der Waals surface area (Å²) in [5.74, 6) is 0.551. The molecule has 0 aliphatic carbocycles. The summed E-state index contributed by atoms with van der Waals surface area (Å²) < 4.78 is 5.30. The standard InChI is InChI=1S/C14H17ClN2O/c15-6-9-18-10-8-16-11-12-5-7-17-14-4-2-1-3-13(12)14/h1-5,7,16H,6,8-11H2. The normalized spacial score (nSPS) is 10.9. The van der Waals surface area contributed by atoms with Crippen LogP contribution in [0.15, 0.2) is 36.5 Å². The number of ether oxygens (including phenoxy) is 1. The van der Waals surface area contributed by atoms with Crippen LogP contribution in [-0.2, 0) is 11.3 Å². The van der Waals surface area contributed by atoms with Crippen molar-refractivity contribution in [2.24, 2.45) is 0 Å². The summed E-state index contributed by atoms with van der Waals surface area (Å²) >= 11 is 5.52. The molecule has 1 N–H and O–H groups in total. The minimum Gasteiger partial charge on any atom is -0.379 e. The monoisotopic (exact) mass is 264 g/mol. The molecule has 0 spiro atoms. The van der Waals surface area contributed by atoms with Crippen molar-refractivity contribution in [2.45, 2.75) is 6.54 Å². The highest BCUT2D eigenvalue weighted by Gasteiger charge is 2.00. The SMILES string of the molecule is ClCCOCCNCc1ccnc2ccccc12. The molecular weight excluding hydrogens is 248 g/mol. The third-order valence-corrected chi connectivity index (χ3v) is 2.85. The van der Waals surface area contributed by atoms with Crippen molar-refractivity contribution in [3.8, 4) is 0 Å². The van der Waals surface area contributed by atoms with Crippen LogP contribution in [0.5, 0.6) is 0 Å². The van der Waals surface area contributed by atoms with Gasteiger partial charge in [0.05, 0.1) is 18.7 Å². The molecule has 0 aliphatic heterocycles. The van der Waals surface area contributed by atoms with Gasteiger partial charge >= 0.3 is 0 Å². The zero-order valence-electron chi connectivity index (χ0n) is 10.2. The molecule has 3 nitrogen and oxygen atoms in total. The largest absolute Gasteiger partial charge is 0.379 e. The summed E-state index contributed by atoms with van der Waals surface area (Å²) in [7, 11) is 0. The first-order valence-electron chi connectivity index (χ1n) is 6.09. The third kappa shape index (κ3) is 3.67. The number of benzene rings is 1. The quantitative estimate of drug-likeness (QED) is 0.617. The molecule has 0 unspecified atom stereocenters. The Morgan fingerprint density at radius 1 is 1.17 bits per heavy atom. The summed E-state index contributed by atoms with van der Waals surface area (Å²) in [6, 6.07) is 10.2. The maximum absolute atomic E-state index is 5.52. The van der Waals surface area contributed by atoms with Crippen LogP contribution in [0.25, 0.3) is 10.9 Å². The van der Waals surface area contributed by atoms with Gasteiger partial charge < -0.3 is 10.1 Å². The number of hydrogen-bond acceptors (Lipinski definition) is 3. The van der Waals surface area contributed by atoms with Gasteiger partial charge in [0, 0.05) is 30.6 Å². The molecule has 2 aromatic rings. The van der Waals surface area contributed by atoms with Crippen LogP contribution >= 0.6 is 11.6 Å². The first kappa shape index (κ1) is 13.3. The summed E-state index contributed by atoms with van der Waals surface area (Å²) in [5.41, 5.74) is 2.30. The molecule has 1 aromatic carbocycles. The van der Waals surface area contributed by atoms with Gasteiger partial charge in [-0.1, -0.05) is 18.2 Å². The molecular formula is C14H17ClN2O. The van der Waals surface area contributed by atoms with E-state index in [1.54, 1.807) is 0 Å². The van der Waals surface area contributed by atoms with Crippen molar-refractivity contribution < 1.29 is 4.74 Å². The number of rotatable bonds is 7. The first-order chi connectivity index (χ1) is 8.92. The summed E-state index contributed by atoms with van der Waals surface area (Å²) in [6.45, 7) is 2.96. The van der Waals surface area contributed by atoms with Crippen LogP contribution in [0, 0.1) is 0 Å². The van der Waals surface area contributed by atoms with Gasteiger partial charge in [0.1, 0.15) is 0 Å². The molecule has 96 valence electrons. The molecule has 18 heavy (non-hydrogen) atoms. The Balaban J connectivity index is 1.88. The molecule has 1 heterocycles. The van der Waals surface area contributed by atoms with Gasteiger partial charge in [-0.25, -0.2) is 0 Å². The number of alkyl halides is 1. The van der Waals surface area contributed by atoms with Crippen LogP contribution < -0.4 is 5.32 Å². The van der Waals surface area contributed by atoms with E-state index in [2.05, 4.69) is 22.4 Å². The van der Waals surface area contributed by atoms with Gasteiger partial charge in [-0.05, 0) is 17.7 Å². The molecule has 0 saturated heterocycles. The number of para-hydroxylation sites is 1. The van der Waals surface area contributed by atoms with Crippen LogP contribution in [0.3, 0.4) is 0 Å². The number of halogens is 1. The van der Waals surface area contributed by atoms with E-state index in [1.807, 2.05) is 24.4 Å². The average Bonchev–Trinajstić information content (AvgIpc) is 2.43. The number of nitrogens with one attached hydrogen (secondary N) is 1. The summed E-state index contributed by atoms with van der Waals surface area (Å²) in [5, 5.41) is 4.56. The highest BCUT2D eigenvalue weighted by molar-refractivity contribution is 6.17. The van der Waals surface area contributed by atoms with Crippen LogP contribution in [-0.4, -0.2) is 30.6 Å². The predicted octanol–water partition coefficient (Wildman–Crippen LogP) is 2.58. The fourth-order valence-electron chi connectivity index (χ4n) is 1.83.